The molecule has 0 N–H and O–H groups in total. The number of hydrogen-bond acceptors (Lipinski definition) is 2. The first kappa shape index (κ1) is 8.03. The molecule has 0 heterocycles. The highest BCUT2D eigenvalue weighted by Crippen LogP contribution is 2.80. The molecule has 3 aliphatic rings. The van der Waals surface area contributed by atoms with Gasteiger partial charge in [-0.3, -0.25) is 0 Å². The Labute approximate surface area is 89.2 Å². The highest BCUT2D eigenvalue weighted by molar-refractivity contribution is 5.63. The molecular formula is C13H14O2. The highest BCUT2D eigenvalue weighted by Gasteiger charge is 2.70. The minimum atomic E-state index is 0.778. The van der Waals surface area contributed by atoms with Crippen LogP contribution in [0.5, 0.6) is 11.5 Å². The van der Waals surface area contributed by atoms with E-state index in [2.05, 4.69) is 12.1 Å². The lowest BCUT2D eigenvalue weighted by molar-refractivity contribution is 0.351. The molecule has 4 atom stereocenters. The molecule has 1 aromatic carbocycles. The van der Waals surface area contributed by atoms with Gasteiger partial charge in [-0.25, -0.2) is 0 Å². The van der Waals surface area contributed by atoms with Gasteiger partial charge in [0.25, 0.3) is 0 Å². The fourth-order valence-electron chi connectivity index (χ4n) is 3.90. The van der Waals surface area contributed by atoms with Crippen LogP contribution < -0.4 is 9.47 Å². The Kier molecular flexibility index (Phi) is 1.24. The summed E-state index contributed by atoms with van der Waals surface area (Å²) in [6, 6.07) is 4.10. The summed E-state index contributed by atoms with van der Waals surface area (Å²) in [4.78, 5) is 0. The molecule has 2 nitrogen and oxygen atoms in total. The summed E-state index contributed by atoms with van der Waals surface area (Å²) in [7, 11) is 3.53. The second-order valence-electron chi connectivity index (χ2n) is 4.91. The maximum Gasteiger partial charge on any atom is 0.122 e. The molecule has 2 heteroatoms. The number of benzene rings is 1. The Hall–Kier alpha value is -1.18. The van der Waals surface area contributed by atoms with Crippen LogP contribution in [0.3, 0.4) is 0 Å². The van der Waals surface area contributed by atoms with Gasteiger partial charge >= 0.3 is 0 Å². The van der Waals surface area contributed by atoms with Crippen LogP contribution in [-0.2, 0) is 0 Å². The molecular weight excluding hydrogens is 188 g/mol. The van der Waals surface area contributed by atoms with E-state index >= 15 is 0 Å². The standard InChI is InChI=1S/C13H14O2/c1-14-8-3-4-9(15-2)13-11(8)6-5-7-10(6)12(7)13/h3-4,6-7,10,12H,5H2,1-2H3. The Morgan fingerprint density at radius 1 is 1.07 bits per heavy atom. The van der Waals surface area contributed by atoms with Crippen LogP contribution in [0.15, 0.2) is 12.1 Å². The molecule has 0 aliphatic heterocycles. The summed E-state index contributed by atoms with van der Waals surface area (Å²) in [5.74, 6) is 5.63. The molecule has 0 bridgehead atoms. The molecule has 2 fully saturated rings. The summed E-state index contributed by atoms with van der Waals surface area (Å²) >= 11 is 0. The molecule has 0 spiro atoms. The highest BCUT2D eigenvalue weighted by atomic mass is 16.5. The normalized spacial score (nSPS) is 37.7. The number of rotatable bonds is 2. The first-order chi connectivity index (χ1) is 7.36. The van der Waals surface area contributed by atoms with Crippen molar-refractivity contribution >= 4 is 0 Å². The Balaban J connectivity index is 1.97. The van der Waals surface area contributed by atoms with Gasteiger partial charge in [0.2, 0.25) is 0 Å². The van der Waals surface area contributed by atoms with Crippen molar-refractivity contribution < 1.29 is 9.47 Å². The Bertz CT molecular complexity index is 419. The van der Waals surface area contributed by atoms with Gasteiger partial charge in [0.15, 0.2) is 0 Å². The molecule has 0 saturated heterocycles. The van der Waals surface area contributed by atoms with Gasteiger partial charge in [0, 0.05) is 11.1 Å². The lowest BCUT2D eigenvalue weighted by Gasteiger charge is -2.28. The maximum atomic E-state index is 5.47. The zero-order valence-corrected chi connectivity index (χ0v) is 8.99. The number of fused-ring (bicyclic) bond motifs is 4. The van der Waals surface area contributed by atoms with Gasteiger partial charge in [-0.2, -0.15) is 0 Å². The molecule has 3 aliphatic carbocycles. The molecule has 1 aromatic rings. The van der Waals surface area contributed by atoms with E-state index in [9.17, 15) is 0 Å². The van der Waals surface area contributed by atoms with Crippen molar-refractivity contribution in [3.63, 3.8) is 0 Å². The van der Waals surface area contributed by atoms with Crippen molar-refractivity contribution in [2.75, 3.05) is 14.2 Å². The Morgan fingerprint density at radius 2 is 1.73 bits per heavy atom. The molecule has 4 rings (SSSR count). The van der Waals surface area contributed by atoms with E-state index in [1.165, 1.54) is 17.5 Å². The predicted octanol–water partition coefficient (Wildman–Crippen LogP) is 2.53. The van der Waals surface area contributed by atoms with Crippen molar-refractivity contribution in [3.8, 4) is 11.5 Å². The van der Waals surface area contributed by atoms with Gasteiger partial charge in [0.05, 0.1) is 14.2 Å². The van der Waals surface area contributed by atoms with Gasteiger partial charge in [0.1, 0.15) is 11.5 Å². The first-order valence-electron chi connectivity index (χ1n) is 5.61. The van der Waals surface area contributed by atoms with Crippen LogP contribution in [0.4, 0.5) is 0 Å². The van der Waals surface area contributed by atoms with Gasteiger partial charge < -0.3 is 9.47 Å². The van der Waals surface area contributed by atoms with E-state index < -0.39 is 0 Å². The van der Waals surface area contributed by atoms with E-state index in [1.807, 2.05) is 0 Å². The lowest BCUT2D eigenvalue weighted by atomic mass is 9.78. The van der Waals surface area contributed by atoms with Crippen LogP contribution in [-0.4, -0.2) is 14.2 Å². The molecule has 2 saturated carbocycles. The minimum absolute atomic E-state index is 0.778. The van der Waals surface area contributed by atoms with E-state index in [1.54, 1.807) is 14.2 Å². The average molecular weight is 202 g/mol. The minimum Gasteiger partial charge on any atom is -0.496 e. The molecule has 0 radical (unpaired) electrons. The monoisotopic (exact) mass is 202 g/mol. The van der Waals surface area contributed by atoms with E-state index in [0.29, 0.717) is 0 Å². The van der Waals surface area contributed by atoms with Crippen LogP contribution in [0.1, 0.15) is 29.4 Å². The van der Waals surface area contributed by atoms with Crippen molar-refractivity contribution in [2.24, 2.45) is 11.8 Å². The lowest BCUT2D eigenvalue weighted by Crippen LogP contribution is -2.16. The summed E-state index contributed by atoms with van der Waals surface area (Å²) in [6.07, 6.45) is 1.38. The van der Waals surface area contributed by atoms with Gasteiger partial charge in [-0.15, -0.1) is 0 Å². The predicted molar refractivity (Wildman–Crippen MR) is 56.6 cm³/mol. The van der Waals surface area contributed by atoms with Gasteiger partial charge in [-0.05, 0) is 42.2 Å². The zero-order valence-electron chi connectivity index (χ0n) is 8.99. The number of ether oxygens (including phenoxy) is 2. The maximum absolute atomic E-state index is 5.47. The van der Waals surface area contributed by atoms with Crippen LogP contribution in [0.2, 0.25) is 0 Å². The van der Waals surface area contributed by atoms with Crippen molar-refractivity contribution in [1.29, 1.82) is 0 Å². The first-order valence-corrected chi connectivity index (χ1v) is 5.61. The SMILES string of the molecule is COc1ccc(OC)c2c1C1CC3C2C13. The number of methoxy groups -OCH3 is 2. The smallest absolute Gasteiger partial charge is 0.122 e. The second kappa shape index (κ2) is 2.31. The summed E-state index contributed by atoms with van der Waals surface area (Å²) in [5.41, 5.74) is 2.91. The third-order valence-corrected chi connectivity index (χ3v) is 4.57. The summed E-state index contributed by atoms with van der Waals surface area (Å²) in [6.45, 7) is 0. The van der Waals surface area contributed by atoms with E-state index in [0.717, 1.165) is 35.2 Å². The number of hydrogen-bond donors (Lipinski definition) is 0. The Morgan fingerprint density at radius 3 is 2.40 bits per heavy atom. The molecule has 0 aromatic heterocycles. The van der Waals surface area contributed by atoms with Crippen LogP contribution in [0.25, 0.3) is 0 Å². The molecule has 15 heavy (non-hydrogen) atoms. The quantitative estimate of drug-likeness (QED) is 0.733. The van der Waals surface area contributed by atoms with E-state index in [4.69, 9.17) is 9.47 Å². The fourth-order valence-corrected chi connectivity index (χ4v) is 3.90. The third-order valence-electron chi connectivity index (χ3n) is 4.57. The topological polar surface area (TPSA) is 18.5 Å². The van der Waals surface area contributed by atoms with Gasteiger partial charge in [-0.1, -0.05) is 0 Å². The zero-order chi connectivity index (χ0) is 10.2. The molecule has 78 valence electrons. The van der Waals surface area contributed by atoms with Crippen LogP contribution in [0, 0.1) is 11.8 Å². The fraction of sp³-hybridized carbons (Fsp3) is 0.538. The second-order valence-corrected chi connectivity index (χ2v) is 4.91. The summed E-state index contributed by atoms with van der Waals surface area (Å²) < 4.78 is 10.9. The third kappa shape index (κ3) is 0.715. The van der Waals surface area contributed by atoms with Crippen molar-refractivity contribution in [2.45, 2.75) is 18.3 Å². The largest absolute Gasteiger partial charge is 0.496 e. The van der Waals surface area contributed by atoms with Crippen molar-refractivity contribution in [1.82, 2.24) is 0 Å². The van der Waals surface area contributed by atoms with Crippen LogP contribution >= 0.6 is 0 Å². The van der Waals surface area contributed by atoms with Crippen molar-refractivity contribution in [3.05, 3.63) is 23.3 Å². The average Bonchev–Trinajstić information content (AvgIpc) is 2.73. The molecule has 0 amide bonds. The molecule has 4 unspecified atom stereocenters. The summed E-state index contributed by atoms with van der Waals surface area (Å²) in [5, 5.41) is 0. The van der Waals surface area contributed by atoms with E-state index in [-0.39, 0.29) is 0 Å².